The highest BCUT2D eigenvalue weighted by Gasteiger charge is 2.20. The third-order valence-electron chi connectivity index (χ3n) is 3.45. The molecule has 5 heteroatoms. The molecule has 0 aliphatic carbocycles. The van der Waals surface area contributed by atoms with E-state index >= 15 is 0 Å². The summed E-state index contributed by atoms with van der Waals surface area (Å²) in [6, 6.07) is 19.1. The van der Waals surface area contributed by atoms with Gasteiger partial charge in [0.05, 0.1) is 23.8 Å². The first-order valence-electron chi connectivity index (χ1n) is 7.26. The number of methoxy groups -OCH3 is 1. The number of rotatable bonds is 5. The molecule has 2 aromatic carbocycles. The maximum absolute atomic E-state index is 12.4. The molecule has 1 atom stereocenters. The topological polar surface area (TPSA) is 56.1 Å². The zero-order valence-electron chi connectivity index (χ0n) is 12.7. The van der Waals surface area contributed by atoms with E-state index < -0.39 is 6.10 Å². The predicted molar refractivity (Wildman–Crippen MR) is 88.4 cm³/mol. The summed E-state index contributed by atoms with van der Waals surface area (Å²) in [6.45, 7) is 0. The lowest BCUT2D eigenvalue weighted by molar-refractivity contribution is -0.126. The predicted octanol–water partition coefficient (Wildman–Crippen LogP) is 3.20. The first kappa shape index (κ1) is 15.0. The number of nitrogens with zero attached hydrogens (tertiary/aromatic N) is 2. The Kier molecular flexibility index (Phi) is 4.49. The summed E-state index contributed by atoms with van der Waals surface area (Å²) in [5.74, 6) is -0.230. The van der Waals surface area contributed by atoms with Crippen LogP contribution in [-0.2, 0) is 9.53 Å². The molecule has 23 heavy (non-hydrogen) atoms. The summed E-state index contributed by atoms with van der Waals surface area (Å²) in [4.78, 5) is 12.4. The first-order valence-corrected chi connectivity index (χ1v) is 7.26. The highest BCUT2D eigenvalue weighted by atomic mass is 16.5. The van der Waals surface area contributed by atoms with Gasteiger partial charge in [-0.25, -0.2) is 4.68 Å². The van der Waals surface area contributed by atoms with Crippen molar-refractivity contribution in [3.05, 3.63) is 78.6 Å². The summed E-state index contributed by atoms with van der Waals surface area (Å²) in [5.41, 5.74) is 2.36. The molecular weight excluding hydrogens is 290 g/mol. The molecule has 3 rings (SSSR count). The average molecular weight is 307 g/mol. The second-order valence-electron chi connectivity index (χ2n) is 5.02. The van der Waals surface area contributed by atoms with Crippen LogP contribution in [0.1, 0.15) is 11.7 Å². The highest BCUT2D eigenvalue weighted by Crippen LogP contribution is 2.19. The van der Waals surface area contributed by atoms with E-state index in [1.54, 1.807) is 17.1 Å². The Morgan fingerprint density at radius 2 is 1.74 bits per heavy atom. The van der Waals surface area contributed by atoms with Crippen LogP contribution in [0.25, 0.3) is 5.69 Å². The van der Waals surface area contributed by atoms with Crippen molar-refractivity contribution in [2.75, 3.05) is 12.4 Å². The van der Waals surface area contributed by atoms with Crippen LogP contribution >= 0.6 is 0 Å². The van der Waals surface area contributed by atoms with Crippen LogP contribution in [0.3, 0.4) is 0 Å². The van der Waals surface area contributed by atoms with Gasteiger partial charge in [0.1, 0.15) is 0 Å². The number of aromatic nitrogens is 2. The molecular formula is C18H17N3O2. The van der Waals surface area contributed by atoms with Gasteiger partial charge in [-0.05, 0) is 17.7 Å². The van der Waals surface area contributed by atoms with Crippen LogP contribution in [0, 0.1) is 0 Å². The van der Waals surface area contributed by atoms with Gasteiger partial charge >= 0.3 is 0 Å². The number of anilines is 1. The summed E-state index contributed by atoms with van der Waals surface area (Å²) in [5, 5.41) is 7.09. The molecule has 0 saturated carbocycles. The minimum atomic E-state index is -0.656. The van der Waals surface area contributed by atoms with E-state index in [2.05, 4.69) is 10.4 Å². The van der Waals surface area contributed by atoms with Crippen molar-refractivity contribution in [3.8, 4) is 5.69 Å². The van der Waals surface area contributed by atoms with Crippen molar-refractivity contribution in [1.82, 2.24) is 9.78 Å². The Morgan fingerprint density at radius 1 is 1.09 bits per heavy atom. The zero-order chi connectivity index (χ0) is 16.1. The van der Waals surface area contributed by atoms with E-state index in [-0.39, 0.29) is 5.91 Å². The van der Waals surface area contributed by atoms with Crippen LogP contribution in [0.15, 0.2) is 73.1 Å². The van der Waals surface area contributed by atoms with E-state index in [0.29, 0.717) is 5.69 Å². The minimum Gasteiger partial charge on any atom is -0.367 e. The number of hydrogen-bond donors (Lipinski definition) is 1. The van der Waals surface area contributed by atoms with Gasteiger partial charge < -0.3 is 10.1 Å². The lowest BCUT2D eigenvalue weighted by atomic mass is 10.1. The molecule has 0 spiro atoms. The van der Waals surface area contributed by atoms with Crippen molar-refractivity contribution in [2.24, 2.45) is 0 Å². The molecule has 0 aliphatic rings. The fraction of sp³-hybridized carbons (Fsp3) is 0.111. The van der Waals surface area contributed by atoms with E-state index in [0.717, 1.165) is 11.3 Å². The lowest BCUT2D eigenvalue weighted by Gasteiger charge is -2.14. The molecule has 5 nitrogen and oxygen atoms in total. The molecule has 1 heterocycles. The summed E-state index contributed by atoms with van der Waals surface area (Å²) in [6.07, 6.45) is 2.73. The SMILES string of the molecule is CO[C@H](C(=O)Nc1cnn(-c2ccccc2)c1)c1ccccc1. The number of carbonyl (C=O) groups excluding carboxylic acids is 1. The quantitative estimate of drug-likeness (QED) is 0.787. The molecule has 0 fully saturated rings. The number of ether oxygens (including phenoxy) is 1. The van der Waals surface area contributed by atoms with Gasteiger partial charge in [-0.3, -0.25) is 4.79 Å². The van der Waals surface area contributed by atoms with Crippen molar-refractivity contribution in [2.45, 2.75) is 6.10 Å². The number of benzene rings is 2. The fourth-order valence-electron chi connectivity index (χ4n) is 2.34. The van der Waals surface area contributed by atoms with E-state index in [1.165, 1.54) is 7.11 Å². The first-order chi connectivity index (χ1) is 11.3. The molecule has 0 unspecified atom stereocenters. The Morgan fingerprint density at radius 3 is 2.39 bits per heavy atom. The molecule has 0 aliphatic heterocycles. The molecule has 116 valence electrons. The second-order valence-corrected chi connectivity index (χ2v) is 5.02. The van der Waals surface area contributed by atoms with Crippen molar-refractivity contribution < 1.29 is 9.53 Å². The Hall–Kier alpha value is -2.92. The number of carbonyl (C=O) groups is 1. The number of nitrogens with one attached hydrogen (secondary N) is 1. The second kappa shape index (κ2) is 6.89. The molecule has 0 radical (unpaired) electrons. The highest BCUT2D eigenvalue weighted by molar-refractivity contribution is 5.94. The largest absolute Gasteiger partial charge is 0.367 e. The number of hydrogen-bond acceptors (Lipinski definition) is 3. The van der Waals surface area contributed by atoms with Crippen LogP contribution in [0.5, 0.6) is 0 Å². The lowest BCUT2D eigenvalue weighted by Crippen LogP contribution is -2.22. The maximum Gasteiger partial charge on any atom is 0.258 e. The molecule has 1 aromatic heterocycles. The monoisotopic (exact) mass is 307 g/mol. The van der Waals surface area contributed by atoms with Gasteiger partial charge in [-0.2, -0.15) is 5.10 Å². The van der Waals surface area contributed by atoms with Crippen LogP contribution in [-0.4, -0.2) is 22.8 Å². The third kappa shape index (κ3) is 3.46. The Bertz CT molecular complexity index is 769. The number of amides is 1. The van der Waals surface area contributed by atoms with Gasteiger partial charge in [0.25, 0.3) is 5.91 Å². The normalized spacial score (nSPS) is 11.9. The van der Waals surface area contributed by atoms with Crippen LogP contribution < -0.4 is 5.32 Å². The van der Waals surface area contributed by atoms with Gasteiger partial charge in [-0.15, -0.1) is 0 Å². The fourth-order valence-corrected chi connectivity index (χ4v) is 2.34. The maximum atomic E-state index is 12.4. The van der Waals surface area contributed by atoms with E-state index in [4.69, 9.17) is 4.74 Å². The van der Waals surface area contributed by atoms with Crippen molar-refractivity contribution in [3.63, 3.8) is 0 Å². The van der Waals surface area contributed by atoms with Crippen LogP contribution in [0.2, 0.25) is 0 Å². The zero-order valence-corrected chi connectivity index (χ0v) is 12.7. The average Bonchev–Trinajstić information content (AvgIpc) is 3.06. The molecule has 0 saturated heterocycles. The van der Waals surface area contributed by atoms with Gasteiger partial charge in [0, 0.05) is 7.11 Å². The van der Waals surface area contributed by atoms with Crippen molar-refractivity contribution >= 4 is 11.6 Å². The van der Waals surface area contributed by atoms with Crippen LogP contribution in [0.4, 0.5) is 5.69 Å². The molecule has 1 amide bonds. The summed E-state index contributed by atoms with van der Waals surface area (Å²) < 4.78 is 7.03. The van der Waals surface area contributed by atoms with Crippen molar-refractivity contribution in [1.29, 1.82) is 0 Å². The van der Waals surface area contributed by atoms with Gasteiger partial charge in [0.2, 0.25) is 0 Å². The number of para-hydroxylation sites is 1. The van der Waals surface area contributed by atoms with E-state index in [1.807, 2.05) is 60.7 Å². The third-order valence-corrected chi connectivity index (χ3v) is 3.45. The Balaban J connectivity index is 1.74. The van der Waals surface area contributed by atoms with E-state index in [9.17, 15) is 4.79 Å². The standard InChI is InChI=1S/C18H17N3O2/c1-23-17(14-8-4-2-5-9-14)18(22)20-15-12-19-21(13-15)16-10-6-3-7-11-16/h2-13,17H,1H3,(H,20,22)/t17-/m0/s1. The molecule has 1 N–H and O–H groups in total. The molecule has 3 aromatic rings. The minimum absolute atomic E-state index is 0.230. The smallest absolute Gasteiger partial charge is 0.258 e. The summed E-state index contributed by atoms with van der Waals surface area (Å²) >= 11 is 0. The van der Waals surface area contributed by atoms with Gasteiger partial charge in [-0.1, -0.05) is 48.5 Å². The molecule has 0 bridgehead atoms. The van der Waals surface area contributed by atoms with Gasteiger partial charge in [0.15, 0.2) is 6.10 Å². The summed E-state index contributed by atoms with van der Waals surface area (Å²) in [7, 11) is 1.52. The Labute approximate surface area is 134 Å².